The molecule has 104 valence electrons. The number of hydrogen-bond donors (Lipinski definition) is 4. The molecule has 0 aromatic heterocycles. The van der Waals surface area contributed by atoms with Crippen LogP contribution in [-0.4, -0.2) is 49.3 Å². The molecule has 0 fully saturated rings. The van der Waals surface area contributed by atoms with Crippen LogP contribution in [0.5, 0.6) is 0 Å². The van der Waals surface area contributed by atoms with Gasteiger partial charge in [-0.25, -0.2) is 9.59 Å². The smallest absolute Gasteiger partial charge is 0.326 e. The summed E-state index contributed by atoms with van der Waals surface area (Å²) in [6, 6.07) is -1.72. The molecule has 8 nitrogen and oxygen atoms in total. The van der Waals surface area contributed by atoms with Crippen LogP contribution in [0.3, 0.4) is 0 Å². The predicted octanol–water partition coefficient (Wildman–Crippen LogP) is -0.959. The van der Waals surface area contributed by atoms with Gasteiger partial charge in [0.25, 0.3) is 0 Å². The first kappa shape index (κ1) is 16.2. The van der Waals surface area contributed by atoms with Gasteiger partial charge in [0.05, 0.1) is 0 Å². The number of nitrogens with one attached hydrogen (secondary N) is 2. The quantitative estimate of drug-likeness (QED) is 0.397. The van der Waals surface area contributed by atoms with E-state index >= 15 is 0 Å². The van der Waals surface area contributed by atoms with Crippen molar-refractivity contribution in [1.29, 1.82) is 0 Å². The molecule has 8 heteroatoms. The molecule has 18 heavy (non-hydrogen) atoms. The van der Waals surface area contributed by atoms with Crippen LogP contribution in [0.4, 0.5) is 4.79 Å². The van der Waals surface area contributed by atoms with Crippen LogP contribution in [0, 0.1) is 0 Å². The van der Waals surface area contributed by atoms with Gasteiger partial charge in [-0.15, -0.1) is 0 Å². The van der Waals surface area contributed by atoms with E-state index < -0.39 is 23.9 Å². The third-order valence-corrected chi connectivity index (χ3v) is 2.09. The molecule has 0 saturated heterocycles. The average molecular weight is 261 g/mol. The number of amides is 3. The van der Waals surface area contributed by atoms with Crippen molar-refractivity contribution in [1.82, 2.24) is 10.6 Å². The summed E-state index contributed by atoms with van der Waals surface area (Å²) in [5.74, 6) is -1.81. The average Bonchev–Trinajstić information content (AvgIpc) is 2.29. The Morgan fingerprint density at radius 1 is 1.39 bits per heavy atom. The molecule has 0 bridgehead atoms. The number of carbonyl (C=O) groups is 3. The molecule has 0 saturated carbocycles. The van der Waals surface area contributed by atoms with E-state index in [0.29, 0.717) is 19.6 Å². The molecule has 0 spiro atoms. The maximum absolute atomic E-state index is 11.3. The number of ether oxygens (including phenoxy) is 1. The highest BCUT2D eigenvalue weighted by atomic mass is 16.5. The first-order valence-corrected chi connectivity index (χ1v) is 5.51. The Balaban J connectivity index is 3.96. The Kier molecular flexibility index (Phi) is 8.29. The molecule has 0 aromatic carbocycles. The number of carboxylic acid groups (broad SMARTS) is 1. The molecular weight excluding hydrogens is 242 g/mol. The van der Waals surface area contributed by atoms with Crippen molar-refractivity contribution in [2.45, 2.75) is 25.3 Å². The lowest BCUT2D eigenvalue weighted by Gasteiger charge is -2.14. The van der Waals surface area contributed by atoms with Crippen molar-refractivity contribution in [2.75, 3.05) is 20.3 Å². The maximum Gasteiger partial charge on any atom is 0.326 e. The van der Waals surface area contributed by atoms with Gasteiger partial charge >= 0.3 is 12.0 Å². The standard InChI is InChI=1S/C10H19N3O5/c1-18-6-2-5-12-10(17)13-7(9(15)16)3-4-8(11)14/h7H,2-6H2,1H3,(H2,11,14)(H,15,16)(H2,12,13,17)/t7-/m1/s1. The number of aliphatic carboxylic acids is 1. The lowest BCUT2D eigenvalue weighted by molar-refractivity contribution is -0.139. The molecule has 0 aliphatic rings. The highest BCUT2D eigenvalue weighted by Gasteiger charge is 2.20. The highest BCUT2D eigenvalue weighted by Crippen LogP contribution is 1.97. The van der Waals surface area contributed by atoms with Crippen molar-refractivity contribution in [3.8, 4) is 0 Å². The zero-order valence-electron chi connectivity index (χ0n) is 10.3. The number of hydrogen-bond acceptors (Lipinski definition) is 4. The third kappa shape index (κ3) is 8.34. The predicted molar refractivity (Wildman–Crippen MR) is 62.9 cm³/mol. The third-order valence-electron chi connectivity index (χ3n) is 2.09. The lowest BCUT2D eigenvalue weighted by atomic mass is 10.1. The minimum atomic E-state index is -1.21. The first-order chi connectivity index (χ1) is 8.47. The Hall–Kier alpha value is -1.83. The monoisotopic (exact) mass is 261 g/mol. The largest absolute Gasteiger partial charge is 0.480 e. The molecular formula is C10H19N3O5. The number of nitrogens with two attached hydrogens (primary N) is 1. The zero-order valence-corrected chi connectivity index (χ0v) is 10.3. The van der Waals surface area contributed by atoms with Crippen molar-refractivity contribution < 1.29 is 24.2 Å². The summed E-state index contributed by atoms with van der Waals surface area (Å²) in [7, 11) is 1.55. The second-order valence-electron chi connectivity index (χ2n) is 3.64. The van der Waals surface area contributed by atoms with Crippen LogP contribution in [-0.2, 0) is 14.3 Å². The molecule has 1 atom stereocenters. The maximum atomic E-state index is 11.3. The van der Waals surface area contributed by atoms with Gasteiger partial charge in [0.2, 0.25) is 5.91 Å². The van der Waals surface area contributed by atoms with Crippen molar-refractivity contribution in [3.05, 3.63) is 0 Å². The van der Waals surface area contributed by atoms with E-state index in [1.807, 2.05) is 0 Å². The molecule has 3 amide bonds. The first-order valence-electron chi connectivity index (χ1n) is 5.51. The topological polar surface area (TPSA) is 131 Å². The summed E-state index contributed by atoms with van der Waals surface area (Å²) in [4.78, 5) is 32.7. The Bertz CT molecular complexity index is 295. The summed E-state index contributed by atoms with van der Waals surface area (Å²) in [6.45, 7) is 0.881. The molecule has 0 heterocycles. The Morgan fingerprint density at radius 3 is 2.56 bits per heavy atom. The summed E-state index contributed by atoms with van der Waals surface area (Å²) in [6.07, 6.45) is 0.500. The molecule has 0 rings (SSSR count). The Morgan fingerprint density at radius 2 is 2.06 bits per heavy atom. The summed E-state index contributed by atoms with van der Waals surface area (Å²) in [5, 5.41) is 13.6. The fraction of sp³-hybridized carbons (Fsp3) is 0.700. The second kappa shape index (κ2) is 9.23. The van der Waals surface area contributed by atoms with Gasteiger partial charge in [-0.1, -0.05) is 0 Å². The number of carboxylic acids is 1. The minimum Gasteiger partial charge on any atom is -0.480 e. The normalized spacial score (nSPS) is 11.6. The van der Waals surface area contributed by atoms with E-state index in [2.05, 4.69) is 10.6 Å². The van der Waals surface area contributed by atoms with Crippen molar-refractivity contribution >= 4 is 17.9 Å². The molecule has 5 N–H and O–H groups in total. The number of primary amides is 1. The van der Waals surface area contributed by atoms with Crippen LogP contribution in [0.25, 0.3) is 0 Å². The lowest BCUT2D eigenvalue weighted by Crippen LogP contribution is -2.46. The van der Waals surface area contributed by atoms with Crippen LogP contribution < -0.4 is 16.4 Å². The van der Waals surface area contributed by atoms with E-state index in [9.17, 15) is 14.4 Å². The van der Waals surface area contributed by atoms with E-state index in [0.717, 1.165) is 0 Å². The number of methoxy groups -OCH3 is 1. The molecule has 0 unspecified atom stereocenters. The van der Waals surface area contributed by atoms with E-state index in [4.69, 9.17) is 15.6 Å². The van der Waals surface area contributed by atoms with Gasteiger partial charge < -0.3 is 26.2 Å². The fourth-order valence-corrected chi connectivity index (χ4v) is 1.17. The number of rotatable bonds is 9. The van der Waals surface area contributed by atoms with Gasteiger partial charge in [-0.2, -0.15) is 0 Å². The molecule has 0 aliphatic heterocycles. The van der Waals surface area contributed by atoms with Crippen LogP contribution in [0.15, 0.2) is 0 Å². The van der Waals surface area contributed by atoms with Crippen LogP contribution in [0.2, 0.25) is 0 Å². The van der Waals surface area contributed by atoms with Gasteiger partial charge in [0, 0.05) is 26.7 Å². The fourth-order valence-electron chi connectivity index (χ4n) is 1.17. The van der Waals surface area contributed by atoms with Crippen molar-refractivity contribution in [3.63, 3.8) is 0 Å². The summed E-state index contributed by atoms with van der Waals surface area (Å²) in [5.41, 5.74) is 4.91. The van der Waals surface area contributed by atoms with Gasteiger partial charge in [0.1, 0.15) is 6.04 Å². The highest BCUT2D eigenvalue weighted by molar-refractivity contribution is 5.83. The minimum absolute atomic E-state index is 0.0316. The molecule has 0 aliphatic carbocycles. The zero-order chi connectivity index (χ0) is 14.0. The van der Waals surface area contributed by atoms with E-state index in [-0.39, 0.29) is 12.8 Å². The summed E-state index contributed by atoms with van der Waals surface area (Å²) < 4.78 is 4.79. The van der Waals surface area contributed by atoms with Crippen molar-refractivity contribution in [2.24, 2.45) is 5.73 Å². The Labute approximate surface area is 105 Å². The SMILES string of the molecule is COCCCNC(=O)N[C@H](CCC(N)=O)C(=O)O. The number of carbonyl (C=O) groups excluding carboxylic acids is 2. The molecule has 0 radical (unpaired) electrons. The van der Waals surface area contributed by atoms with Gasteiger partial charge in [-0.3, -0.25) is 4.79 Å². The second-order valence-corrected chi connectivity index (χ2v) is 3.64. The van der Waals surface area contributed by atoms with E-state index in [1.165, 1.54) is 0 Å². The van der Waals surface area contributed by atoms with Gasteiger partial charge in [0.15, 0.2) is 0 Å². The summed E-state index contributed by atoms with van der Waals surface area (Å²) >= 11 is 0. The number of urea groups is 1. The molecule has 0 aromatic rings. The van der Waals surface area contributed by atoms with Gasteiger partial charge in [-0.05, 0) is 12.8 Å². The van der Waals surface area contributed by atoms with E-state index in [1.54, 1.807) is 7.11 Å². The van der Waals surface area contributed by atoms with Crippen LogP contribution >= 0.6 is 0 Å². The van der Waals surface area contributed by atoms with Crippen LogP contribution in [0.1, 0.15) is 19.3 Å².